The van der Waals surface area contributed by atoms with Crippen LogP contribution in [0.25, 0.3) is 0 Å². The highest BCUT2D eigenvalue weighted by atomic mass is 16.3. The normalized spacial score (nSPS) is 18.2. The van der Waals surface area contributed by atoms with Crippen molar-refractivity contribution < 1.29 is 5.11 Å². The Morgan fingerprint density at radius 2 is 2.25 bits per heavy atom. The molecule has 20 heavy (non-hydrogen) atoms. The summed E-state index contributed by atoms with van der Waals surface area (Å²) in [5, 5.41) is 18.8. The molecule has 4 nitrogen and oxygen atoms in total. The second kappa shape index (κ2) is 7.25. The highest BCUT2D eigenvalue weighted by Gasteiger charge is 2.23. The van der Waals surface area contributed by atoms with Crippen molar-refractivity contribution in [1.82, 2.24) is 4.98 Å². The molecule has 1 aromatic rings. The van der Waals surface area contributed by atoms with Crippen LogP contribution in [0.3, 0.4) is 0 Å². The first-order valence-corrected chi connectivity index (χ1v) is 7.57. The molecule has 1 saturated heterocycles. The number of pyridine rings is 1. The molecule has 0 amide bonds. The predicted molar refractivity (Wildman–Crippen MR) is 79.6 cm³/mol. The fourth-order valence-electron chi connectivity index (χ4n) is 2.62. The van der Waals surface area contributed by atoms with Crippen LogP contribution < -0.4 is 4.90 Å². The van der Waals surface area contributed by atoms with Crippen LogP contribution in [0.4, 0.5) is 5.82 Å². The van der Waals surface area contributed by atoms with Crippen molar-refractivity contribution in [3.05, 3.63) is 23.4 Å². The minimum absolute atomic E-state index is 0.295. The van der Waals surface area contributed by atoms with Crippen LogP contribution in [-0.4, -0.2) is 29.3 Å². The largest absolute Gasteiger partial charge is 0.391 e. The van der Waals surface area contributed by atoms with E-state index in [1.54, 1.807) is 0 Å². The molecule has 0 radical (unpaired) electrons. The summed E-state index contributed by atoms with van der Waals surface area (Å²) in [5.74, 6) is 0.747. The number of aliphatic hydroxyl groups is 1. The predicted octanol–water partition coefficient (Wildman–Crippen LogP) is 2.65. The average molecular weight is 273 g/mol. The third kappa shape index (κ3) is 3.71. The molecule has 0 saturated carbocycles. The maximum Gasteiger partial charge on any atom is 0.146 e. The van der Waals surface area contributed by atoms with E-state index in [0.717, 1.165) is 37.3 Å². The summed E-state index contributed by atoms with van der Waals surface area (Å²) in [5.41, 5.74) is 1.66. The van der Waals surface area contributed by atoms with Crippen molar-refractivity contribution in [2.75, 3.05) is 18.0 Å². The highest BCUT2D eigenvalue weighted by molar-refractivity contribution is 5.55. The van der Waals surface area contributed by atoms with Crippen molar-refractivity contribution in [2.24, 2.45) is 0 Å². The zero-order valence-electron chi connectivity index (χ0n) is 12.2. The molecule has 2 rings (SSSR count). The fourth-order valence-corrected chi connectivity index (χ4v) is 2.62. The van der Waals surface area contributed by atoms with E-state index in [0.29, 0.717) is 12.1 Å². The summed E-state index contributed by atoms with van der Waals surface area (Å²) >= 11 is 0. The van der Waals surface area contributed by atoms with Crippen LogP contribution >= 0.6 is 0 Å². The Labute approximate surface area is 121 Å². The van der Waals surface area contributed by atoms with Gasteiger partial charge in [-0.2, -0.15) is 5.26 Å². The molecule has 108 valence electrons. The maximum atomic E-state index is 9.64. The molecule has 0 spiro atoms. The lowest BCUT2D eigenvalue weighted by atomic mass is 10.1. The summed E-state index contributed by atoms with van der Waals surface area (Å²) in [7, 11) is 0. The van der Waals surface area contributed by atoms with Gasteiger partial charge in [-0.25, -0.2) is 4.98 Å². The van der Waals surface area contributed by atoms with E-state index >= 15 is 0 Å². The van der Waals surface area contributed by atoms with Crippen molar-refractivity contribution in [3.63, 3.8) is 0 Å². The smallest absolute Gasteiger partial charge is 0.146 e. The molecule has 1 atom stereocenters. The van der Waals surface area contributed by atoms with Crippen molar-refractivity contribution >= 4 is 5.82 Å². The Bertz CT molecular complexity index is 481. The van der Waals surface area contributed by atoms with Gasteiger partial charge in [-0.1, -0.05) is 26.2 Å². The summed E-state index contributed by atoms with van der Waals surface area (Å²) in [4.78, 5) is 6.68. The quantitative estimate of drug-likeness (QED) is 0.809. The lowest BCUT2D eigenvalue weighted by Gasteiger charge is -2.18. The Morgan fingerprint density at radius 1 is 1.40 bits per heavy atom. The SMILES string of the molecule is CCCCCCc1ccc(C#N)c(N2CCC(O)C2)n1. The van der Waals surface area contributed by atoms with Gasteiger partial charge in [-0.05, 0) is 31.4 Å². The number of rotatable bonds is 6. The number of nitriles is 1. The lowest BCUT2D eigenvalue weighted by molar-refractivity contribution is 0.198. The van der Waals surface area contributed by atoms with Crippen LogP contribution in [0.2, 0.25) is 0 Å². The number of aliphatic hydroxyl groups excluding tert-OH is 1. The van der Waals surface area contributed by atoms with Crippen LogP contribution in [0, 0.1) is 11.3 Å². The zero-order valence-corrected chi connectivity index (χ0v) is 12.2. The van der Waals surface area contributed by atoms with E-state index in [2.05, 4.69) is 18.0 Å². The fraction of sp³-hybridized carbons (Fsp3) is 0.625. The molecule has 1 unspecified atom stereocenters. The minimum Gasteiger partial charge on any atom is -0.391 e. The molecule has 1 fully saturated rings. The van der Waals surface area contributed by atoms with Crippen LogP contribution in [-0.2, 0) is 6.42 Å². The standard InChI is InChI=1S/C16H23N3O/c1-2-3-4-5-6-14-8-7-13(11-17)16(18-14)19-10-9-15(20)12-19/h7-8,15,20H,2-6,9-10,12H2,1H3. The van der Waals surface area contributed by atoms with E-state index in [-0.39, 0.29) is 6.10 Å². The third-order valence-corrected chi connectivity index (χ3v) is 3.80. The zero-order chi connectivity index (χ0) is 14.4. The van der Waals surface area contributed by atoms with Crippen molar-refractivity contribution in [1.29, 1.82) is 5.26 Å². The number of β-amino-alcohol motifs (C(OH)–C–C–N with tert-alkyl or cyclic N) is 1. The molecule has 2 heterocycles. The van der Waals surface area contributed by atoms with Crippen molar-refractivity contribution in [3.8, 4) is 6.07 Å². The minimum atomic E-state index is -0.295. The van der Waals surface area contributed by atoms with E-state index in [4.69, 9.17) is 0 Å². The molecule has 1 N–H and O–H groups in total. The Hall–Kier alpha value is -1.60. The summed E-state index contributed by atoms with van der Waals surface area (Å²) in [6, 6.07) is 6.03. The topological polar surface area (TPSA) is 60.2 Å². The molecule has 1 aliphatic rings. The molecular weight excluding hydrogens is 250 g/mol. The third-order valence-electron chi connectivity index (χ3n) is 3.80. The molecule has 1 aromatic heterocycles. The molecule has 1 aliphatic heterocycles. The van der Waals surface area contributed by atoms with Gasteiger partial charge >= 0.3 is 0 Å². The van der Waals surface area contributed by atoms with E-state index in [1.165, 1.54) is 19.3 Å². The second-order valence-corrected chi connectivity index (χ2v) is 5.48. The van der Waals surface area contributed by atoms with Gasteiger partial charge in [-0.15, -0.1) is 0 Å². The monoisotopic (exact) mass is 273 g/mol. The van der Waals surface area contributed by atoms with Gasteiger partial charge in [0.05, 0.1) is 11.7 Å². The first-order valence-electron chi connectivity index (χ1n) is 7.57. The number of anilines is 1. The number of hydrogen-bond acceptors (Lipinski definition) is 4. The Balaban J connectivity index is 2.07. The van der Waals surface area contributed by atoms with E-state index in [1.807, 2.05) is 17.0 Å². The molecule has 0 bridgehead atoms. The first-order chi connectivity index (χ1) is 9.74. The van der Waals surface area contributed by atoms with Gasteiger partial charge in [-0.3, -0.25) is 0 Å². The highest BCUT2D eigenvalue weighted by Crippen LogP contribution is 2.23. The molecule has 0 aliphatic carbocycles. The van der Waals surface area contributed by atoms with E-state index in [9.17, 15) is 10.4 Å². The lowest BCUT2D eigenvalue weighted by Crippen LogP contribution is -2.23. The van der Waals surface area contributed by atoms with Crippen LogP contribution in [0.1, 0.15) is 50.3 Å². The number of aryl methyl sites for hydroxylation is 1. The number of nitrogens with zero attached hydrogens (tertiary/aromatic N) is 3. The van der Waals surface area contributed by atoms with Gasteiger partial charge < -0.3 is 10.0 Å². The Morgan fingerprint density at radius 3 is 2.90 bits per heavy atom. The van der Waals surface area contributed by atoms with Gasteiger partial charge in [0, 0.05) is 18.8 Å². The van der Waals surface area contributed by atoms with Crippen LogP contribution in [0.5, 0.6) is 0 Å². The molecule has 0 aromatic carbocycles. The maximum absolute atomic E-state index is 9.64. The van der Waals surface area contributed by atoms with E-state index < -0.39 is 0 Å². The van der Waals surface area contributed by atoms with Gasteiger partial charge in [0.15, 0.2) is 0 Å². The number of aromatic nitrogens is 1. The number of unbranched alkanes of at least 4 members (excludes halogenated alkanes) is 3. The summed E-state index contributed by atoms with van der Waals surface area (Å²) in [6.45, 7) is 3.57. The Kier molecular flexibility index (Phi) is 5.37. The van der Waals surface area contributed by atoms with Gasteiger partial charge in [0.25, 0.3) is 0 Å². The second-order valence-electron chi connectivity index (χ2n) is 5.48. The van der Waals surface area contributed by atoms with Crippen molar-refractivity contribution in [2.45, 2.75) is 51.6 Å². The average Bonchev–Trinajstić information content (AvgIpc) is 2.90. The molecular formula is C16H23N3O. The summed E-state index contributed by atoms with van der Waals surface area (Å²) < 4.78 is 0. The number of hydrogen-bond donors (Lipinski definition) is 1. The van der Waals surface area contributed by atoms with Gasteiger partial charge in [0.2, 0.25) is 0 Å². The molecule has 4 heteroatoms. The van der Waals surface area contributed by atoms with Crippen LogP contribution in [0.15, 0.2) is 12.1 Å². The summed E-state index contributed by atoms with van der Waals surface area (Å²) in [6.07, 6.45) is 6.31. The van der Waals surface area contributed by atoms with Gasteiger partial charge in [0.1, 0.15) is 11.9 Å². The first kappa shape index (κ1) is 14.8.